The molecule has 1 fully saturated rings. The van der Waals surface area contributed by atoms with Crippen molar-refractivity contribution in [2.75, 3.05) is 0 Å². The molecule has 7 nitrogen and oxygen atoms in total. The van der Waals surface area contributed by atoms with Gasteiger partial charge in [-0.1, -0.05) is 25.7 Å². The fourth-order valence-electron chi connectivity index (χ4n) is 1.53. The van der Waals surface area contributed by atoms with E-state index in [1.165, 1.54) is 12.8 Å². The number of rotatable bonds is 4. The van der Waals surface area contributed by atoms with E-state index in [-0.39, 0.29) is 33.1 Å². The van der Waals surface area contributed by atoms with Crippen LogP contribution in [0.15, 0.2) is 0 Å². The second-order valence-corrected chi connectivity index (χ2v) is 4.18. The monoisotopic (exact) mass is 453 g/mol. The van der Waals surface area contributed by atoms with E-state index in [0.717, 1.165) is 12.8 Å². The molecule has 2 atom stereocenters. The third-order valence-corrected chi connectivity index (χ3v) is 2.46. The number of hydrogen-bond donors (Lipinski definition) is 2. The van der Waals surface area contributed by atoms with Crippen molar-refractivity contribution in [3.8, 4) is 0 Å². The molecule has 19 heavy (non-hydrogen) atoms. The molecule has 2 unspecified atom stereocenters. The van der Waals surface area contributed by atoms with E-state index in [4.69, 9.17) is 21.7 Å². The van der Waals surface area contributed by atoms with Crippen molar-refractivity contribution in [3.63, 3.8) is 0 Å². The third kappa shape index (κ3) is 12.0. The predicted molar refractivity (Wildman–Crippen MR) is 64.2 cm³/mol. The van der Waals surface area contributed by atoms with Gasteiger partial charge in [-0.25, -0.2) is 0 Å². The SMILES string of the molecule is O=C(O)CC(=O)CC(=O)O.[NH-]C1CCCCC1[NH-].[Pt+2]. The summed E-state index contributed by atoms with van der Waals surface area (Å²) >= 11 is 0. The van der Waals surface area contributed by atoms with Crippen molar-refractivity contribution >= 4 is 17.7 Å². The molecule has 1 saturated carbocycles. The molecule has 0 heterocycles. The first-order valence-electron chi connectivity index (χ1n) is 5.70. The van der Waals surface area contributed by atoms with Gasteiger partial charge >= 0.3 is 33.0 Å². The van der Waals surface area contributed by atoms with Crippen molar-refractivity contribution < 1.29 is 45.7 Å². The maximum atomic E-state index is 10.3. The largest absolute Gasteiger partial charge is 2.00 e. The molecule has 0 aromatic carbocycles. The van der Waals surface area contributed by atoms with Gasteiger partial charge in [0.25, 0.3) is 0 Å². The minimum absolute atomic E-state index is 0. The zero-order chi connectivity index (χ0) is 14.1. The number of carbonyl (C=O) groups is 3. The second-order valence-electron chi connectivity index (χ2n) is 4.18. The van der Waals surface area contributed by atoms with Gasteiger partial charge in [-0.3, -0.25) is 14.4 Å². The first-order chi connectivity index (χ1) is 8.32. The van der Waals surface area contributed by atoms with Crippen LogP contribution in [0.25, 0.3) is 11.5 Å². The summed E-state index contributed by atoms with van der Waals surface area (Å²) in [7, 11) is 0. The third-order valence-electron chi connectivity index (χ3n) is 2.46. The van der Waals surface area contributed by atoms with Crippen molar-refractivity contribution in [3.05, 3.63) is 11.5 Å². The molecular formula is C11H18N2O5Pt. The first-order valence-corrected chi connectivity index (χ1v) is 5.70. The number of carboxylic acids is 2. The van der Waals surface area contributed by atoms with Crippen LogP contribution in [-0.4, -0.2) is 40.0 Å². The summed E-state index contributed by atoms with van der Waals surface area (Å²) in [4.78, 5) is 29.9. The van der Waals surface area contributed by atoms with Crippen molar-refractivity contribution in [2.24, 2.45) is 0 Å². The molecule has 0 radical (unpaired) electrons. The minimum atomic E-state index is -1.30. The number of hydrogen-bond acceptors (Lipinski definition) is 3. The number of aliphatic carboxylic acids is 2. The molecule has 1 aliphatic rings. The van der Waals surface area contributed by atoms with Gasteiger partial charge in [0.15, 0.2) is 5.78 Å². The topological polar surface area (TPSA) is 139 Å². The number of ketones is 1. The maximum absolute atomic E-state index is 10.3. The van der Waals surface area contributed by atoms with Crippen LogP contribution in [-0.2, 0) is 35.4 Å². The summed E-state index contributed by atoms with van der Waals surface area (Å²) < 4.78 is 0. The number of carbonyl (C=O) groups excluding carboxylic acids is 1. The van der Waals surface area contributed by atoms with Gasteiger partial charge in [-0.05, 0) is 0 Å². The molecule has 0 amide bonds. The van der Waals surface area contributed by atoms with Gasteiger partial charge in [0, 0.05) is 0 Å². The van der Waals surface area contributed by atoms with Gasteiger partial charge in [-0.2, -0.15) is 12.1 Å². The van der Waals surface area contributed by atoms with E-state index in [0.29, 0.717) is 0 Å². The van der Waals surface area contributed by atoms with E-state index < -0.39 is 30.6 Å². The Hall–Kier alpha value is -0.782. The standard InChI is InChI=1S/C6H12N2.C5H6O5.Pt/c7-5-3-1-2-4-6(5)8;6-3(1-4(7)8)2-5(9)10;/h5-8H,1-4H2;1-2H2,(H,7,8)(H,9,10);/q-2;;+2. The van der Waals surface area contributed by atoms with E-state index in [1.807, 2.05) is 0 Å². The molecule has 0 bridgehead atoms. The summed E-state index contributed by atoms with van der Waals surface area (Å²) in [6.45, 7) is 0. The van der Waals surface area contributed by atoms with Gasteiger partial charge in [0.2, 0.25) is 0 Å². The Bertz CT molecular complexity index is 283. The molecule has 1 rings (SSSR count). The molecule has 0 spiro atoms. The van der Waals surface area contributed by atoms with Crippen LogP contribution >= 0.6 is 0 Å². The zero-order valence-corrected chi connectivity index (χ0v) is 12.6. The molecule has 0 aromatic heterocycles. The molecule has 0 aliphatic heterocycles. The fourth-order valence-corrected chi connectivity index (χ4v) is 1.53. The van der Waals surface area contributed by atoms with Gasteiger partial charge in [-0.15, -0.1) is 0 Å². The molecule has 0 saturated heterocycles. The Kier molecular flexibility index (Phi) is 12.0. The molecule has 112 valence electrons. The Morgan fingerprint density at radius 1 is 0.895 bits per heavy atom. The molecule has 4 N–H and O–H groups in total. The summed E-state index contributed by atoms with van der Waals surface area (Å²) in [6, 6.07) is -0.160. The summed E-state index contributed by atoms with van der Waals surface area (Å²) in [5, 5.41) is 16.0. The average Bonchev–Trinajstić information content (AvgIpc) is 2.21. The summed E-state index contributed by atoms with van der Waals surface area (Å²) in [6.07, 6.45) is 2.81. The van der Waals surface area contributed by atoms with E-state index in [1.54, 1.807) is 0 Å². The predicted octanol–water partition coefficient (Wildman–Crippen LogP) is 1.90. The van der Waals surface area contributed by atoms with E-state index in [9.17, 15) is 14.4 Å². The first kappa shape index (κ1) is 20.5. The smallest absolute Gasteiger partial charge is 0.676 e. The Balaban J connectivity index is 0. The quantitative estimate of drug-likeness (QED) is 0.626. The fraction of sp³-hybridized carbons (Fsp3) is 0.727. The van der Waals surface area contributed by atoms with Gasteiger partial charge in [0.05, 0.1) is 0 Å². The second kappa shape index (κ2) is 11.1. The normalized spacial score (nSPS) is 21.4. The summed E-state index contributed by atoms with van der Waals surface area (Å²) in [5.74, 6) is -3.39. The molecule has 1 aliphatic carbocycles. The van der Waals surface area contributed by atoms with Crippen LogP contribution in [0.5, 0.6) is 0 Å². The molecule has 8 heteroatoms. The van der Waals surface area contributed by atoms with Crippen LogP contribution in [0.4, 0.5) is 0 Å². The van der Waals surface area contributed by atoms with E-state index >= 15 is 0 Å². The molecular weight excluding hydrogens is 435 g/mol. The Labute approximate surface area is 126 Å². The van der Waals surface area contributed by atoms with Crippen LogP contribution in [0.2, 0.25) is 0 Å². The number of nitrogens with one attached hydrogen (secondary N) is 2. The zero-order valence-electron chi connectivity index (χ0n) is 10.3. The average molecular weight is 453 g/mol. The van der Waals surface area contributed by atoms with Gasteiger partial charge in [0.1, 0.15) is 12.8 Å². The van der Waals surface area contributed by atoms with E-state index in [2.05, 4.69) is 0 Å². The number of carboxylic acid groups (broad SMARTS) is 2. The van der Waals surface area contributed by atoms with Crippen LogP contribution in [0.1, 0.15) is 38.5 Å². The van der Waals surface area contributed by atoms with Gasteiger partial charge < -0.3 is 21.7 Å². The maximum Gasteiger partial charge on any atom is 2.00 e. The number of Topliss-reactive ketones (excluding diaryl/α,β-unsaturated/α-hetero) is 1. The van der Waals surface area contributed by atoms with Crippen LogP contribution in [0, 0.1) is 0 Å². The summed E-state index contributed by atoms with van der Waals surface area (Å²) in [5.41, 5.74) is 14.6. The Morgan fingerprint density at radius 3 is 1.42 bits per heavy atom. The van der Waals surface area contributed by atoms with Crippen LogP contribution < -0.4 is 0 Å². The molecule has 0 aromatic rings. The van der Waals surface area contributed by atoms with Crippen LogP contribution in [0.3, 0.4) is 0 Å². The minimum Gasteiger partial charge on any atom is -0.676 e. The van der Waals surface area contributed by atoms with Crippen molar-refractivity contribution in [2.45, 2.75) is 50.6 Å². The van der Waals surface area contributed by atoms with Crippen molar-refractivity contribution in [1.29, 1.82) is 0 Å². The Morgan fingerprint density at radius 2 is 1.21 bits per heavy atom. The van der Waals surface area contributed by atoms with Crippen molar-refractivity contribution in [1.82, 2.24) is 0 Å².